The van der Waals surface area contributed by atoms with Gasteiger partial charge in [0.2, 0.25) is 0 Å². The summed E-state index contributed by atoms with van der Waals surface area (Å²) in [5.41, 5.74) is 0.928. The van der Waals surface area contributed by atoms with Gasteiger partial charge in [0.15, 0.2) is 11.5 Å². The third kappa shape index (κ3) is 3.04. The molecule has 114 valence electrons. The number of hydrogen-bond acceptors (Lipinski definition) is 4. The zero-order valence-corrected chi connectivity index (χ0v) is 12.4. The lowest BCUT2D eigenvalue weighted by atomic mass is 10.1. The number of nitrogens with zero attached hydrogens (tertiary/aromatic N) is 1. The summed E-state index contributed by atoms with van der Waals surface area (Å²) in [7, 11) is 1.51. The van der Waals surface area contributed by atoms with Gasteiger partial charge in [-0.05, 0) is 30.7 Å². The van der Waals surface area contributed by atoms with Crippen LogP contribution in [0, 0.1) is 12.3 Å². The van der Waals surface area contributed by atoms with Gasteiger partial charge >= 0.3 is 6.03 Å². The number of methoxy groups -OCH3 is 1. The van der Waals surface area contributed by atoms with Crippen LogP contribution in [-0.2, 0) is 4.79 Å². The first-order valence-electron chi connectivity index (χ1n) is 6.69. The van der Waals surface area contributed by atoms with Crippen molar-refractivity contribution in [2.45, 2.75) is 6.92 Å². The molecule has 1 fully saturated rings. The van der Waals surface area contributed by atoms with Gasteiger partial charge in [-0.3, -0.25) is 9.69 Å². The predicted molar refractivity (Wildman–Crippen MR) is 81.2 cm³/mol. The Morgan fingerprint density at radius 2 is 2.14 bits per heavy atom. The van der Waals surface area contributed by atoms with E-state index in [4.69, 9.17) is 15.9 Å². The molecule has 1 saturated heterocycles. The largest absolute Gasteiger partial charge is 0.493 e. The third-order valence-corrected chi connectivity index (χ3v) is 3.09. The third-order valence-electron chi connectivity index (χ3n) is 3.09. The van der Waals surface area contributed by atoms with Crippen molar-refractivity contribution in [3.05, 3.63) is 29.5 Å². The Morgan fingerprint density at radius 3 is 2.73 bits per heavy atom. The highest BCUT2D eigenvalue weighted by Crippen LogP contribution is 2.29. The van der Waals surface area contributed by atoms with Gasteiger partial charge in [0, 0.05) is 6.54 Å². The zero-order valence-electron chi connectivity index (χ0n) is 12.4. The monoisotopic (exact) mass is 300 g/mol. The van der Waals surface area contributed by atoms with Crippen LogP contribution < -0.4 is 14.8 Å². The van der Waals surface area contributed by atoms with Crippen molar-refractivity contribution >= 4 is 18.0 Å². The fourth-order valence-corrected chi connectivity index (χ4v) is 2.04. The average molecular weight is 300 g/mol. The minimum atomic E-state index is -0.417. The Balaban J connectivity index is 2.27. The van der Waals surface area contributed by atoms with Crippen LogP contribution in [0.15, 0.2) is 23.9 Å². The fourth-order valence-electron chi connectivity index (χ4n) is 2.04. The summed E-state index contributed by atoms with van der Waals surface area (Å²) >= 11 is 0. The molecular weight excluding hydrogens is 284 g/mol. The standard InChI is InChI=1S/C16H16N2O4/c1-4-8-22-13-7-6-11(10-14(13)21-3)9-12-15(19)18(5-2)16(20)17-12/h1,6-7,9-10H,5,8H2,2-3H3,(H,17,20)/b12-9+. The molecule has 0 aromatic heterocycles. The topological polar surface area (TPSA) is 67.9 Å². The molecule has 1 N–H and O–H groups in total. The number of ether oxygens (including phenoxy) is 2. The number of terminal acetylenes is 1. The highest BCUT2D eigenvalue weighted by atomic mass is 16.5. The van der Waals surface area contributed by atoms with E-state index in [1.165, 1.54) is 7.11 Å². The second kappa shape index (κ2) is 6.68. The molecule has 1 aliphatic heterocycles. The van der Waals surface area contributed by atoms with Crippen LogP contribution in [0.5, 0.6) is 11.5 Å². The van der Waals surface area contributed by atoms with E-state index in [0.717, 1.165) is 4.90 Å². The van der Waals surface area contributed by atoms with Crippen molar-refractivity contribution in [3.8, 4) is 23.8 Å². The summed E-state index contributed by atoms with van der Waals surface area (Å²) in [4.78, 5) is 24.7. The molecule has 0 unspecified atom stereocenters. The Morgan fingerprint density at radius 1 is 1.36 bits per heavy atom. The molecule has 0 saturated carbocycles. The quantitative estimate of drug-likeness (QED) is 0.510. The molecule has 0 spiro atoms. The summed E-state index contributed by atoms with van der Waals surface area (Å²) < 4.78 is 10.6. The summed E-state index contributed by atoms with van der Waals surface area (Å²) in [6.45, 7) is 2.20. The van der Waals surface area contributed by atoms with E-state index >= 15 is 0 Å². The summed E-state index contributed by atoms with van der Waals surface area (Å²) in [6, 6.07) is 4.73. The molecule has 1 heterocycles. The predicted octanol–water partition coefficient (Wildman–Crippen LogP) is 1.62. The molecule has 0 aliphatic carbocycles. The number of rotatable bonds is 5. The van der Waals surface area contributed by atoms with E-state index in [2.05, 4.69) is 11.2 Å². The summed E-state index contributed by atoms with van der Waals surface area (Å²) in [6.07, 6.45) is 6.74. The van der Waals surface area contributed by atoms with Crippen molar-refractivity contribution in [1.82, 2.24) is 10.2 Å². The first-order valence-corrected chi connectivity index (χ1v) is 6.69. The molecule has 6 heteroatoms. The average Bonchev–Trinajstić information content (AvgIpc) is 2.79. The number of urea groups is 1. The Hall–Kier alpha value is -2.94. The number of carbonyl (C=O) groups is 2. The number of imide groups is 1. The molecule has 0 radical (unpaired) electrons. The molecule has 2 rings (SSSR count). The minimum absolute atomic E-state index is 0.136. The van der Waals surface area contributed by atoms with E-state index in [1.807, 2.05) is 0 Å². The molecule has 1 aromatic rings. The minimum Gasteiger partial charge on any atom is -0.493 e. The molecule has 1 aliphatic rings. The number of carbonyl (C=O) groups excluding carboxylic acids is 2. The normalized spacial score (nSPS) is 15.7. The first-order chi connectivity index (χ1) is 10.6. The SMILES string of the molecule is C#CCOc1ccc(/C=C2/NC(=O)N(CC)C2=O)cc1OC. The van der Waals surface area contributed by atoms with Crippen molar-refractivity contribution in [1.29, 1.82) is 0 Å². The van der Waals surface area contributed by atoms with E-state index in [-0.39, 0.29) is 18.2 Å². The van der Waals surface area contributed by atoms with Gasteiger partial charge in [0.1, 0.15) is 12.3 Å². The van der Waals surface area contributed by atoms with E-state index in [0.29, 0.717) is 23.6 Å². The maximum atomic E-state index is 12.0. The maximum Gasteiger partial charge on any atom is 0.328 e. The molecule has 3 amide bonds. The van der Waals surface area contributed by atoms with Gasteiger partial charge in [0.25, 0.3) is 5.91 Å². The number of nitrogens with one attached hydrogen (secondary N) is 1. The zero-order chi connectivity index (χ0) is 16.1. The van der Waals surface area contributed by atoms with Crippen molar-refractivity contribution < 1.29 is 19.1 Å². The first kappa shape index (κ1) is 15.4. The highest BCUT2D eigenvalue weighted by molar-refractivity contribution is 6.13. The van der Waals surface area contributed by atoms with Crippen molar-refractivity contribution in [2.75, 3.05) is 20.3 Å². The molecular formula is C16H16N2O4. The highest BCUT2D eigenvalue weighted by Gasteiger charge is 2.31. The second-order valence-electron chi connectivity index (χ2n) is 4.44. The van der Waals surface area contributed by atoms with Crippen LogP contribution in [0.2, 0.25) is 0 Å². The van der Waals surface area contributed by atoms with E-state index in [1.54, 1.807) is 31.2 Å². The van der Waals surface area contributed by atoms with Crippen molar-refractivity contribution in [3.63, 3.8) is 0 Å². The number of hydrogen-bond donors (Lipinski definition) is 1. The molecule has 1 aromatic carbocycles. The lowest BCUT2D eigenvalue weighted by Crippen LogP contribution is -2.30. The number of benzene rings is 1. The lowest BCUT2D eigenvalue weighted by molar-refractivity contribution is -0.122. The molecule has 0 bridgehead atoms. The Kier molecular flexibility index (Phi) is 4.69. The van der Waals surface area contributed by atoms with Crippen LogP contribution in [0.1, 0.15) is 12.5 Å². The van der Waals surface area contributed by atoms with Gasteiger partial charge in [-0.2, -0.15) is 0 Å². The molecule has 0 atom stereocenters. The van der Waals surface area contributed by atoms with Gasteiger partial charge in [-0.25, -0.2) is 4.79 Å². The summed E-state index contributed by atoms with van der Waals surface area (Å²) in [5.74, 6) is 3.04. The molecule has 6 nitrogen and oxygen atoms in total. The van der Waals surface area contributed by atoms with Crippen molar-refractivity contribution in [2.24, 2.45) is 0 Å². The van der Waals surface area contributed by atoms with Crippen LogP contribution in [0.3, 0.4) is 0 Å². The maximum absolute atomic E-state index is 12.0. The Bertz CT molecular complexity index is 673. The van der Waals surface area contributed by atoms with Crippen LogP contribution in [0.25, 0.3) is 6.08 Å². The number of likely N-dealkylation sites (N-methyl/N-ethyl adjacent to an activating group) is 1. The smallest absolute Gasteiger partial charge is 0.328 e. The van der Waals surface area contributed by atoms with E-state index < -0.39 is 6.03 Å². The van der Waals surface area contributed by atoms with Gasteiger partial charge in [-0.15, -0.1) is 6.42 Å². The van der Waals surface area contributed by atoms with Crippen LogP contribution in [0.4, 0.5) is 4.79 Å². The Labute approximate surface area is 128 Å². The van der Waals surface area contributed by atoms with Gasteiger partial charge in [-0.1, -0.05) is 12.0 Å². The fraction of sp³-hybridized carbons (Fsp3) is 0.250. The summed E-state index contributed by atoms with van der Waals surface area (Å²) in [5, 5.41) is 2.54. The number of amides is 3. The second-order valence-corrected chi connectivity index (χ2v) is 4.44. The van der Waals surface area contributed by atoms with Crippen LogP contribution in [-0.4, -0.2) is 37.1 Å². The lowest BCUT2D eigenvalue weighted by Gasteiger charge is -2.09. The molecule has 22 heavy (non-hydrogen) atoms. The van der Waals surface area contributed by atoms with Gasteiger partial charge in [0.05, 0.1) is 7.11 Å². The van der Waals surface area contributed by atoms with Crippen LogP contribution >= 0.6 is 0 Å². The van der Waals surface area contributed by atoms with Gasteiger partial charge < -0.3 is 14.8 Å². The van der Waals surface area contributed by atoms with E-state index in [9.17, 15) is 9.59 Å².